The lowest BCUT2D eigenvalue weighted by Gasteiger charge is -2.22. The molecular formula is C14H22BrClN2O2. The molecule has 0 aliphatic rings. The molecule has 0 fully saturated rings. The number of benzene rings is 1. The summed E-state index contributed by atoms with van der Waals surface area (Å²) in [5, 5.41) is 2.79. The quantitative estimate of drug-likeness (QED) is 0.730. The fourth-order valence-corrected chi connectivity index (χ4v) is 1.96. The Kier molecular flexibility index (Phi) is 8.85. The van der Waals surface area contributed by atoms with Gasteiger partial charge in [-0.05, 0) is 37.6 Å². The Morgan fingerprint density at radius 3 is 2.55 bits per heavy atom. The normalized spacial score (nSPS) is 13.0. The number of nitrogens with one attached hydrogen (secondary N) is 1. The molecule has 0 aromatic heterocycles. The number of ether oxygens (including phenoxy) is 1. The first-order chi connectivity index (χ1) is 8.95. The van der Waals surface area contributed by atoms with Gasteiger partial charge in [0.15, 0.2) is 0 Å². The zero-order chi connectivity index (χ0) is 14.3. The largest absolute Gasteiger partial charge is 0.492 e. The molecule has 20 heavy (non-hydrogen) atoms. The van der Waals surface area contributed by atoms with Crippen molar-refractivity contribution in [3.05, 3.63) is 28.7 Å². The fraction of sp³-hybridized carbons (Fsp3) is 0.500. The number of carbonyl (C=O) groups excluding carboxylic acids is 1. The van der Waals surface area contributed by atoms with Crippen molar-refractivity contribution in [3.8, 4) is 5.75 Å². The Morgan fingerprint density at radius 2 is 2.00 bits per heavy atom. The van der Waals surface area contributed by atoms with E-state index in [2.05, 4.69) is 21.2 Å². The Morgan fingerprint density at radius 1 is 1.40 bits per heavy atom. The summed E-state index contributed by atoms with van der Waals surface area (Å²) < 4.78 is 6.51. The van der Waals surface area contributed by atoms with Gasteiger partial charge in [0.1, 0.15) is 12.4 Å². The van der Waals surface area contributed by atoms with Gasteiger partial charge in [-0.15, -0.1) is 12.4 Å². The van der Waals surface area contributed by atoms with Crippen molar-refractivity contribution < 1.29 is 9.53 Å². The van der Waals surface area contributed by atoms with E-state index in [1.807, 2.05) is 31.2 Å². The van der Waals surface area contributed by atoms with Crippen LogP contribution in [0.15, 0.2) is 28.7 Å². The molecule has 1 atom stereocenters. The third-order valence-electron chi connectivity index (χ3n) is 2.76. The van der Waals surface area contributed by atoms with Crippen LogP contribution in [-0.2, 0) is 4.79 Å². The minimum Gasteiger partial charge on any atom is -0.492 e. The van der Waals surface area contributed by atoms with Crippen LogP contribution < -0.4 is 15.8 Å². The summed E-state index contributed by atoms with van der Waals surface area (Å²) in [6.07, 6.45) is 1.56. The number of hydrogen-bond acceptors (Lipinski definition) is 3. The number of nitrogens with two attached hydrogens (primary N) is 1. The van der Waals surface area contributed by atoms with Crippen molar-refractivity contribution >= 4 is 34.2 Å². The average molecular weight is 366 g/mol. The Hall–Kier alpha value is -0.780. The summed E-state index contributed by atoms with van der Waals surface area (Å²) in [6, 6.07) is 7.56. The molecule has 0 bridgehead atoms. The summed E-state index contributed by atoms with van der Waals surface area (Å²) in [6.45, 7) is 4.64. The minimum absolute atomic E-state index is 0. The Balaban J connectivity index is 0.00000361. The smallest absolute Gasteiger partial charge is 0.239 e. The zero-order valence-electron chi connectivity index (χ0n) is 11.8. The summed E-state index contributed by atoms with van der Waals surface area (Å²) in [4.78, 5) is 11.8. The second-order valence-corrected chi connectivity index (χ2v) is 5.64. The number of amides is 1. The molecule has 4 nitrogen and oxygen atoms in total. The highest BCUT2D eigenvalue weighted by atomic mass is 79.9. The lowest BCUT2D eigenvalue weighted by molar-refractivity contribution is -0.126. The van der Waals surface area contributed by atoms with Crippen molar-refractivity contribution in [1.29, 1.82) is 0 Å². The SMILES string of the molecule is CCCC(C)(N)C(=O)NCCOc1ccc(Br)cc1.Cl. The van der Waals surface area contributed by atoms with Gasteiger partial charge in [0.05, 0.1) is 12.1 Å². The number of rotatable bonds is 7. The van der Waals surface area contributed by atoms with Crippen molar-refractivity contribution in [2.24, 2.45) is 5.73 Å². The van der Waals surface area contributed by atoms with Gasteiger partial charge in [0.25, 0.3) is 0 Å². The van der Waals surface area contributed by atoms with Crippen LogP contribution in [0.1, 0.15) is 26.7 Å². The molecule has 1 amide bonds. The van der Waals surface area contributed by atoms with Gasteiger partial charge in [0.2, 0.25) is 5.91 Å². The van der Waals surface area contributed by atoms with Gasteiger partial charge >= 0.3 is 0 Å². The van der Waals surface area contributed by atoms with E-state index in [1.54, 1.807) is 6.92 Å². The molecule has 1 aromatic rings. The molecule has 3 N–H and O–H groups in total. The summed E-state index contributed by atoms with van der Waals surface area (Å²) >= 11 is 3.36. The van der Waals surface area contributed by atoms with Gasteiger partial charge < -0.3 is 15.8 Å². The molecule has 1 rings (SSSR count). The highest BCUT2D eigenvalue weighted by Gasteiger charge is 2.26. The Labute approximate surface area is 135 Å². The third kappa shape index (κ3) is 6.59. The molecular weight excluding hydrogens is 344 g/mol. The van der Waals surface area contributed by atoms with Gasteiger partial charge in [-0.25, -0.2) is 0 Å². The molecule has 1 unspecified atom stereocenters. The van der Waals surface area contributed by atoms with E-state index < -0.39 is 5.54 Å². The van der Waals surface area contributed by atoms with Gasteiger partial charge in [-0.3, -0.25) is 4.79 Å². The van der Waals surface area contributed by atoms with Gasteiger partial charge in [0, 0.05) is 4.47 Å². The molecule has 1 aromatic carbocycles. The van der Waals surface area contributed by atoms with Crippen LogP contribution in [0.4, 0.5) is 0 Å². The van der Waals surface area contributed by atoms with Crippen molar-refractivity contribution in [1.82, 2.24) is 5.32 Å². The predicted molar refractivity (Wildman–Crippen MR) is 87.4 cm³/mol. The molecule has 0 heterocycles. The van der Waals surface area contributed by atoms with Crippen LogP contribution in [0.25, 0.3) is 0 Å². The maximum Gasteiger partial charge on any atom is 0.239 e. The highest BCUT2D eigenvalue weighted by Crippen LogP contribution is 2.15. The van der Waals surface area contributed by atoms with Crippen LogP contribution >= 0.6 is 28.3 Å². The van der Waals surface area contributed by atoms with E-state index in [0.717, 1.165) is 16.6 Å². The van der Waals surface area contributed by atoms with E-state index in [4.69, 9.17) is 10.5 Å². The fourth-order valence-electron chi connectivity index (χ4n) is 1.70. The van der Waals surface area contributed by atoms with Crippen LogP contribution in [0.2, 0.25) is 0 Å². The van der Waals surface area contributed by atoms with Crippen molar-refractivity contribution in [3.63, 3.8) is 0 Å². The van der Waals surface area contributed by atoms with Crippen molar-refractivity contribution in [2.75, 3.05) is 13.2 Å². The lowest BCUT2D eigenvalue weighted by Crippen LogP contribution is -2.52. The first-order valence-electron chi connectivity index (χ1n) is 6.41. The van der Waals surface area contributed by atoms with E-state index in [-0.39, 0.29) is 18.3 Å². The van der Waals surface area contributed by atoms with Gasteiger partial charge in [-0.1, -0.05) is 29.3 Å². The van der Waals surface area contributed by atoms with Gasteiger partial charge in [-0.2, -0.15) is 0 Å². The summed E-state index contributed by atoms with van der Waals surface area (Å²) in [7, 11) is 0. The molecule has 0 saturated carbocycles. The predicted octanol–water partition coefficient (Wildman–Crippen LogP) is 2.88. The molecule has 0 aliphatic carbocycles. The van der Waals surface area contributed by atoms with Crippen molar-refractivity contribution in [2.45, 2.75) is 32.2 Å². The maximum atomic E-state index is 11.8. The molecule has 114 valence electrons. The standard InChI is InChI=1S/C14H21BrN2O2.ClH/c1-3-8-14(2,16)13(18)17-9-10-19-12-6-4-11(15)5-7-12;/h4-7H,3,8-10,16H2,1-2H3,(H,17,18);1H. The second kappa shape index (κ2) is 9.21. The summed E-state index contributed by atoms with van der Waals surface area (Å²) in [5.41, 5.74) is 5.12. The maximum absolute atomic E-state index is 11.8. The molecule has 0 aliphatic heterocycles. The molecule has 0 radical (unpaired) electrons. The molecule has 0 spiro atoms. The Bertz CT molecular complexity index is 410. The van der Waals surface area contributed by atoms with Crippen LogP contribution in [0.5, 0.6) is 5.75 Å². The van der Waals surface area contributed by atoms with E-state index in [1.165, 1.54) is 0 Å². The number of halogens is 2. The van der Waals surface area contributed by atoms with E-state index in [9.17, 15) is 4.79 Å². The number of hydrogen-bond donors (Lipinski definition) is 2. The topological polar surface area (TPSA) is 64.4 Å². The first-order valence-corrected chi connectivity index (χ1v) is 7.20. The molecule has 6 heteroatoms. The zero-order valence-corrected chi connectivity index (χ0v) is 14.2. The molecule has 0 saturated heterocycles. The highest BCUT2D eigenvalue weighted by molar-refractivity contribution is 9.10. The monoisotopic (exact) mass is 364 g/mol. The minimum atomic E-state index is -0.799. The lowest BCUT2D eigenvalue weighted by atomic mass is 9.97. The second-order valence-electron chi connectivity index (χ2n) is 4.73. The van der Waals surface area contributed by atoms with Crippen LogP contribution in [0.3, 0.4) is 0 Å². The van der Waals surface area contributed by atoms with E-state index >= 15 is 0 Å². The summed E-state index contributed by atoms with van der Waals surface area (Å²) in [5.74, 6) is 0.648. The first kappa shape index (κ1) is 19.2. The number of carbonyl (C=O) groups is 1. The average Bonchev–Trinajstić information content (AvgIpc) is 2.36. The van der Waals surface area contributed by atoms with Crippen LogP contribution in [-0.4, -0.2) is 24.6 Å². The van der Waals surface area contributed by atoms with E-state index in [0.29, 0.717) is 19.6 Å². The third-order valence-corrected chi connectivity index (χ3v) is 3.29. The van der Waals surface area contributed by atoms with Crippen LogP contribution in [0, 0.1) is 0 Å².